The Labute approximate surface area is 171 Å². The zero-order valence-electron chi connectivity index (χ0n) is 17.5. The molecule has 1 atom stereocenters. The van der Waals surface area contributed by atoms with Crippen LogP contribution < -0.4 is 4.74 Å². The third-order valence-electron chi connectivity index (χ3n) is 5.59. The molecule has 1 heterocycles. The molecule has 5 heteroatoms. The summed E-state index contributed by atoms with van der Waals surface area (Å²) >= 11 is 0. The van der Waals surface area contributed by atoms with Crippen molar-refractivity contribution in [3.8, 4) is 23.0 Å². The lowest BCUT2D eigenvalue weighted by Gasteiger charge is -2.38. The van der Waals surface area contributed by atoms with Crippen LogP contribution in [0.25, 0.3) is 0 Å². The van der Waals surface area contributed by atoms with Gasteiger partial charge in [0.2, 0.25) is 0 Å². The summed E-state index contributed by atoms with van der Waals surface area (Å²) in [6, 6.07) is 6.46. The maximum atomic E-state index is 10.7. The Bertz CT molecular complexity index is 939. The molecule has 0 saturated carbocycles. The molecule has 2 aromatic carbocycles. The molecule has 1 aliphatic rings. The van der Waals surface area contributed by atoms with Gasteiger partial charge in [0.15, 0.2) is 11.5 Å². The SMILES string of the molecule is CC(C)=CCc1c(O)cc2c(c1CCc1ccc(O)c(O)c1)CC(O)C(C)(C)O2. The van der Waals surface area contributed by atoms with E-state index in [-0.39, 0.29) is 17.2 Å². The predicted molar refractivity (Wildman–Crippen MR) is 113 cm³/mol. The first-order valence-corrected chi connectivity index (χ1v) is 9.96. The number of aliphatic hydroxyl groups excluding tert-OH is 1. The monoisotopic (exact) mass is 398 g/mol. The van der Waals surface area contributed by atoms with Gasteiger partial charge in [-0.2, -0.15) is 0 Å². The zero-order chi connectivity index (χ0) is 21.3. The van der Waals surface area contributed by atoms with Gasteiger partial charge in [-0.05, 0) is 70.2 Å². The van der Waals surface area contributed by atoms with Crippen LogP contribution in [0.3, 0.4) is 0 Å². The summed E-state index contributed by atoms with van der Waals surface area (Å²) < 4.78 is 6.02. The molecule has 5 nitrogen and oxygen atoms in total. The molecule has 1 aliphatic heterocycles. The first kappa shape index (κ1) is 21.1. The number of aromatic hydroxyl groups is 3. The third kappa shape index (κ3) is 4.51. The third-order valence-corrected chi connectivity index (χ3v) is 5.59. The summed E-state index contributed by atoms with van der Waals surface area (Å²) in [5, 5.41) is 40.6. The average molecular weight is 398 g/mol. The molecular weight excluding hydrogens is 368 g/mol. The van der Waals surface area contributed by atoms with E-state index in [1.54, 1.807) is 18.2 Å². The summed E-state index contributed by atoms with van der Waals surface area (Å²) in [5.74, 6) is 0.511. The molecule has 29 heavy (non-hydrogen) atoms. The predicted octanol–water partition coefficient (Wildman–Crippen LogP) is 4.17. The van der Waals surface area contributed by atoms with E-state index in [0.29, 0.717) is 31.4 Å². The van der Waals surface area contributed by atoms with E-state index >= 15 is 0 Å². The second kappa shape index (κ2) is 7.99. The van der Waals surface area contributed by atoms with Crippen molar-refractivity contribution in [1.29, 1.82) is 0 Å². The molecule has 4 N–H and O–H groups in total. The first-order valence-electron chi connectivity index (χ1n) is 9.96. The highest BCUT2D eigenvalue weighted by Crippen LogP contribution is 2.41. The van der Waals surface area contributed by atoms with Crippen molar-refractivity contribution in [3.05, 3.63) is 58.2 Å². The largest absolute Gasteiger partial charge is 0.508 e. The summed E-state index contributed by atoms with van der Waals surface area (Å²) in [5.41, 5.74) is 4.05. The number of aliphatic hydroxyl groups is 1. The Balaban J connectivity index is 2.02. The van der Waals surface area contributed by atoms with Gasteiger partial charge in [0.25, 0.3) is 0 Å². The highest BCUT2D eigenvalue weighted by atomic mass is 16.5. The van der Waals surface area contributed by atoms with E-state index in [2.05, 4.69) is 6.08 Å². The van der Waals surface area contributed by atoms with Crippen LogP contribution in [0, 0.1) is 0 Å². The number of aryl methyl sites for hydroxylation is 1. The van der Waals surface area contributed by atoms with E-state index in [9.17, 15) is 20.4 Å². The normalized spacial score (nSPS) is 17.3. The van der Waals surface area contributed by atoms with E-state index in [0.717, 1.165) is 27.8 Å². The number of allylic oxidation sites excluding steroid dienone is 2. The fourth-order valence-electron chi connectivity index (χ4n) is 3.72. The van der Waals surface area contributed by atoms with Gasteiger partial charge in [-0.1, -0.05) is 17.7 Å². The van der Waals surface area contributed by atoms with Crippen LogP contribution in [0.5, 0.6) is 23.0 Å². The van der Waals surface area contributed by atoms with Gasteiger partial charge in [0.05, 0.1) is 6.10 Å². The minimum Gasteiger partial charge on any atom is -0.508 e. The second-order valence-corrected chi connectivity index (χ2v) is 8.56. The first-order chi connectivity index (χ1) is 13.6. The standard InChI is InChI=1S/C24H30O5/c1-14(2)5-8-17-16(9-6-15-7-10-19(25)21(27)11-15)18-12-23(28)24(3,4)29-22(18)13-20(17)26/h5,7,10-11,13,23,25-28H,6,8-9,12H2,1-4H3. The van der Waals surface area contributed by atoms with E-state index in [1.807, 2.05) is 27.7 Å². The van der Waals surface area contributed by atoms with Crippen LogP contribution in [0.1, 0.15) is 49.9 Å². The van der Waals surface area contributed by atoms with Crippen LogP contribution in [-0.2, 0) is 25.7 Å². The van der Waals surface area contributed by atoms with Crippen molar-refractivity contribution < 1.29 is 25.2 Å². The van der Waals surface area contributed by atoms with Gasteiger partial charge in [0, 0.05) is 23.6 Å². The van der Waals surface area contributed by atoms with Crippen molar-refractivity contribution in [2.45, 2.75) is 65.1 Å². The highest BCUT2D eigenvalue weighted by molar-refractivity contribution is 5.55. The summed E-state index contributed by atoms with van der Waals surface area (Å²) in [7, 11) is 0. The van der Waals surface area contributed by atoms with Crippen LogP contribution in [-0.4, -0.2) is 32.1 Å². The molecule has 0 spiro atoms. The Morgan fingerprint density at radius 2 is 1.76 bits per heavy atom. The molecule has 0 saturated heterocycles. The molecule has 0 bridgehead atoms. The number of ether oxygens (including phenoxy) is 1. The van der Waals surface area contributed by atoms with Gasteiger partial charge >= 0.3 is 0 Å². The number of hydrogen-bond donors (Lipinski definition) is 4. The van der Waals surface area contributed by atoms with E-state index in [1.165, 1.54) is 6.07 Å². The van der Waals surface area contributed by atoms with E-state index in [4.69, 9.17) is 4.74 Å². The Morgan fingerprint density at radius 3 is 2.41 bits per heavy atom. The van der Waals surface area contributed by atoms with Crippen molar-refractivity contribution >= 4 is 0 Å². The lowest BCUT2D eigenvalue weighted by atomic mass is 9.84. The number of fused-ring (bicyclic) bond motifs is 1. The molecule has 0 fully saturated rings. The zero-order valence-corrected chi connectivity index (χ0v) is 17.5. The Morgan fingerprint density at radius 1 is 1.03 bits per heavy atom. The molecule has 0 amide bonds. The molecule has 3 rings (SSSR count). The van der Waals surface area contributed by atoms with Crippen LogP contribution in [0.15, 0.2) is 35.9 Å². The van der Waals surface area contributed by atoms with Crippen molar-refractivity contribution in [2.75, 3.05) is 0 Å². The number of benzene rings is 2. The van der Waals surface area contributed by atoms with Crippen molar-refractivity contribution in [2.24, 2.45) is 0 Å². The topological polar surface area (TPSA) is 90.2 Å². The number of phenols is 3. The maximum absolute atomic E-state index is 10.7. The second-order valence-electron chi connectivity index (χ2n) is 8.56. The smallest absolute Gasteiger partial charge is 0.157 e. The lowest BCUT2D eigenvalue weighted by Crippen LogP contribution is -2.46. The van der Waals surface area contributed by atoms with Crippen molar-refractivity contribution in [1.82, 2.24) is 0 Å². The molecule has 2 aromatic rings. The average Bonchev–Trinajstić information content (AvgIpc) is 2.62. The summed E-state index contributed by atoms with van der Waals surface area (Å²) in [6.07, 6.45) is 3.71. The van der Waals surface area contributed by atoms with Crippen LogP contribution in [0.4, 0.5) is 0 Å². The number of hydrogen-bond acceptors (Lipinski definition) is 5. The fourth-order valence-corrected chi connectivity index (χ4v) is 3.72. The molecule has 1 unspecified atom stereocenters. The van der Waals surface area contributed by atoms with Crippen LogP contribution in [0.2, 0.25) is 0 Å². The Hall–Kier alpha value is -2.66. The maximum Gasteiger partial charge on any atom is 0.157 e. The molecule has 0 aromatic heterocycles. The summed E-state index contributed by atoms with van der Waals surface area (Å²) in [4.78, 5) is 0. The van der Waals surface area contributed by atoms with Crippen molar-refractivity contribution in [3.63, 3.8) is 0 Å². The van der Waals surface area contributed by atoms with Gasteiger partial charge in [-0.3, -0.25) is 0 Å². The minimum atomic E-state index is -0.721. The molecular formula is C24H30O5. The van der Waals surface area contributed by atoms with Gasteiger partial charge < -0.3 is 25.2 Å². The minimum absolute atomic E-state index is 0.147. The number of rotatable bonds is 5. The number of phenolic OH excluding ortho intramolecular Hbond substituents is 3. The van der Waals surface area contributed by atoms with E-state index < -0.39 is 11.7 Å². The van der Waals surface area contributed by atoms with Gasteiger partial charge in [-0.25, -0.2) is 0 Å². The Kier molecular flexibility index (Phi) is 5.80. The lowest BCUT2D eigenvalue weighted by molar-refractivity contribution is -0.0415. The molecule has 0 aliphatic carbocycles. The van der Waals surface area contributed by atoms with Gasteiger partial charge in [-0.15, -0.1) is 0 Å². The quantitative estimate of drug-likeness (QED) is 0.448. The highest BCUT2D eigenvalue weighted by Gasteiger charge is 2.37. The van der Waals surface area contributed by atoms with Gasteiger partial charge in [0.1, 0.15) is 17.1 Å². The molecule has 156 valence electrons. The molecule has 0 radical (unpaired) electrons. The van der Waals surface area contributed by atoms with Crippen LogP contribution >= 0.6 is 0 Å². The fraction of sp³-hybridized carbons (Fsp3) is 0.417. The summed E-state index contributed by atoms with van der Waals surface area (Å²) in [6.45, 7) is 7.72.